The van der Waals surface area contributed by atoms with Crippen LogP contribution in [-0.4, -0.2) is 16.0 Å². The van der Waals surface area contributed by atoms with Crippen LogP contribution in [0.15, 0.2) is 23.2 Å². The summed E-state index contributed by atoms with van der Waals surface area (Å²) in [6, 6.07) is 0. The Morgan fingerprint density at radius 2 is 1.70 bits per heavy atom. The van der Waals surface area contributed by atoms with Crippen LogP contribution in [-0.2, 0) is 4.79 Å². The van der Waals surface area contributed by atoms with E-state index in [1.54, 1.807) is 0 Å². The standard InChI is InChI=1S/C20H28O3/c1-19-9-7-13(21)11-12(19)3-4-14-15-5-6-17(22)18(23)20(15,2)10-8-16(14)19/h11,14-16,22-23H,3-10H2,1-2H3. The van der Waals surface area contributed by atoms with E-state index < -0.39 is 0 Å². The molecule has 3 heteroatoms. The molecule has 126 valence electrons. The van der Waals surface area contributed by atoms with E-state index in [9.17, 15) is 15.0 Å². The zero-order valence-electron chi connectivity index (χ0n) is 14.3. The lowest BCUT2D eigenvalue weighted by Crippen LogP contribution is -2.52. The average molecular weight is 316 g/mol. The van der Waals surface area contributed by atoms with Crippen LogP contribution in [0.1, 0.15) is 65.2 Å². The van der Waals surface area contributed by atoms with Crippen LogP contribution < -0.4 is 0 Å². The Labute approximate surface area is 138 Å². The van der Waals surface area contributed by atoms with Gasteiger partial charge < -0.3 is 10.2 Å². The quantitative estimate of drug-likeness (QED) is 0.672. The minimum absolute atomic E-state index is 0.178. The fourth-order valence-corrected chi connectivity index (χ4v) is 6.45. The van der Waals surface area contributed by atoms with Crippen LogP contribution in [0.4, 0.5) is 0 Å². The van der Waals surface area contributed by atoms with Gasteiger partial charge in [-0.3, -0.25) is 4.79 Å². The number of aliphatic hydroxyl groups excluding tert-OH is 2. The second kappa shape index (κ2) is 4.87. The second-order valence-corrected chi connectivity index (χ2v) is 8.76. The smallest absolute Gasteiger partial charge is 0.155 e. The van der Waals surface area contributed by atoms with Gasteiger partial charge in [0.05, 0.1) is 0 Å². The topological polar surface area (TPSA) is 57.5 Å². The van der Waals surface area contributed by atoms with Crippen LogP contribution in [0.25, 0.3) is 0 Å². The monoisotopic (exact) mass is 316 g/mol. The lowest BCUT2D eigenvalue weighted by molar-refractivity contribution is -0.117. The zero-order valence-corrected chi connectivity index (χ0v) is 14.3. The normalized spacial score (nSPS) is 46.6. The van der Waals surface area contributed by atoms with Crippen LogP contribution >= 0.6 is 0 Å². The first-order valence-corrected chi connectivity index (χ1v) is 9.22. The molecule has 0 aliphatic heterocycles. The maximum absolute atomic E-state index is 11.8. The third-order valence-corrected chi connectivity index (χ3v) is 7.86. The summed E-state index contributed by atoms with van der Waals surface area (Å²) in [5.74, 6) is 2.49. The van der Waals surface area contributed by atoms with Gasteiger partial charge in [0.15, 0.2) is 5.78 Å². The number of hydrogen-bond acceptors (Lipinski definition) is 3. The third-order valence-electron chi connectivity index (χ3n) is 7.86. The number of carbonyl (C=O) groups excluding carboxylic acids is 1. The summed E-state index contributed by atoms with van der Waals surface area (Å²) in [6.45, 7) is 4.53. The Morgan fingerprint density at radius 3 is 2.48 bits per heavy atom. The molecule has 0 aromatic heterocycles. The summed E-state index contributed by atoms with van der Waals surface area (Å²) in [4.78, 5) is 11.8. The van der Waals surface area contributed by atoms with Gasteiger partial charge in [0.25, 0.3) is 0 Å². The average Bonchev–Trinajstić information content (AvgIpc) is 2.52. The molecule has 4 rings (SSSR count). The van der Waals surface area contributed by atoms with Crippen molar-refractivity contribution < 1.29 is 15.0 Å². The van der Waals surface area contributed by atoms with Gasteiger partial charge in [-0.1, -0.05) is 19.4 Å². The third kappa shape index (κ3) is 1.98. The number of fused-ring (bicyclic) bond motifs is 5. The molecule has 0 aromatic rings. The van der Waals surface area contributed by atoms with Crippen molar-refractivity contribution in [3.8, 4) is 0 Å². The van der Waals surface area contributed by atoms with Gasteiger partial charge in [-0.25, -0.2) is 0 Å². The Bertz CT molecular complexity index is 616. The highest BCUT2D eigenvalue weighted by atomic mass is 16.3. The maximum Gasteiger partial charge on any atom is 0.155 e. The van der Waals surface area contributed by atoms with Gasteiger partial charge in [0, 0.05) is 18.3 Å². The molecule has 4 aliphatic carbocycles. The summed E-state index contributed by atoms with van der Waals surface area (Å²) >= 11 is 0. The molecule has 2 fully saturated rings. The van der Waals surface area contributed by atoms with E-state index in [0.29, 0.717) is 36.4 Å². The van der Waals surface area contributed by atoms with E-state index in [1.807, 2.05) is 6.08 Å². The summed E-state index contributed by atoms with van der Waals surface area (Å²) < 4.78 is 0. The molecule has 2 saturated carbocycles. The Kier molecular flexibility index (Phi) is 3.24. The predicted molar refractivity (Wildman–Crippen MR) is 89.0 cm³/mol. The van der Waals surface area contributed by atoms with E-state index in [2.05, 4.69) is 13.8 Å². The molecule has 0 heterocycles. The molecule has 0 saturated heterocycles. The molecule has 0 aromatic carbocycles. The molecular weight excluding hydrogens is 288 g/mol. The summed E-state index contributed by atoms with van der Waals surface area (Å²) in [5, 5.41) is 20.6. The highest BCUT2D eigenvalue weighted by Gasteiger charge is 2.57. The molecule has 5 unspecified atom stereocenters. The van der Waals surface area contributed by atoms with Crippen molar-refractivity contribution in [2.75, 3.05) is 0 Å². The fraction of sp³-hybridized carbons (Fsp3) is 0.750. The van der Waals surface area contributed by atoms with E-state index in [4.69, 9.17) is 0 Å². The van der Waals surface area contributed by atoms with Crippen molar-refractivity contribution in [3.05, 3.63) is 23.2 Å². The van der Waals surface area contributed by atoms with Crippen molar-refractivity contribution in [1.29, 1.82) is 0 Å². The number of hydrogen-bond donors (Lipinski definition) is 2. The van der Waals surface area contributed by atoms with Gasteiger partial charge in [-0.05, 0) is 67.8 Å². The van der Waals surface area contributed by atoms with Crippen LogP contribution in [0.5, 0.6) is 0 Å². The number of rotatable bonds is 0. The number of aliphatic hydroxyl groups is 2. The van der Waals surface area contributed by atoms with Crippen LogP contribution in [0, 0.1) is 28.6 Å². The molecule has 4 aliphatic rings. The number of allylic oxidation sites excluding steroid dienone is 4. The first kappa shape index (κ1) is 15.3. The van der Waals surface area contributed by atoms with Crippen molar-refractivity contribution >= 4 is 5.78 Å². The minimum atomic E-state index is -0.244. The van der Waals surface area contributed by atoms with E-state index in [-0.39, 0.29) is 22.3 Å². The van der Waals surface area contributed by atoms with E-state index in [0.717, 1.165) is 38.5 Å². The second-order valence-electron chi connectivity index (χ2n) is 8.76. The van der Waals surface area contributed by atoms with Crippen LogP contribution in [0.2, 0.25) is 0 Å². The predicted octanol–water partition coefficient (Wildman–Crippen LogP) is 4.85. The number of carbonyl (C=O) groups is 1. The first-order valence-electron chi connectivity index (χ1n) is 9.22. The van der Waals surface area contributed by atoms with Crippen molar-refractivity contribution in [2.24, 2.45) is 28.6 Å². The zero-order chi connectivity index (χ0) is 16.4. The molecule has 5 atom stereocenters. The van der Waals surface area contributed by atoms with E-state index >= 15 is 0 Å². The SMILES string of the molecule is CC12CCC(=O)C=C1CCC1C2CCC2(C)C(O)=C(O)CCC12. The minimum Gasteiger partial charge on any atom is -0.509 e. The number of ketones is 1. The van der Waals surface area contributed by atoms with Crippen LogP contribution in [0.3, 0.4) is 0 Å². The van der Waals surface area contributed by atoms with Crippen molar-refractivity contribution in [2.45, 2.75) is 65.2 Å². The molecule has 3 nitrogen and oxygen atoms in total. The van der Waals surface area contributed by atoms with Gasteiger partial charge in [0.1, 0.15) is 11.5 Å². The van der Waals surface area contributed by atoms with Gasteiger partial charge in [-0.2, -0.15) is 0 Å². The highest BCUT2D eigenvalue weighted by Crippen LogP contribution is 2.64. The van der Waals surface area contributed by atoms with Crippen molar-refractivity contribution in [3.63, 3.8) is 0 Å². The van der Waals surface area contributed by atoms with Crippen molar-refractivity contribution in [1.82, 2.24) is 0 Å². The molecule has 0 bridgehead atoms. The Hall–Kier alpha value is -1.25. The summed E-state index contributed by atoms with van der Waals surface area (Å²) in [6.07, 6.45) is 9.45. The lowest BCUT2D eigenvalue weighted by Gasteiger charge is -2.59. The summed E-state index contributed by atoms with van der Waals surface area (Å²) in [7, 11) is 0. The summed E-state index contributed by atoms with van der Waals surface area (Å²) in [5.41, 5.74) is 1.32. The Morgan fingerprint density at radius 1 is 0.957 bits per heavy atom. The Balaban J connectivity index is 1.71. The molecule has 23 heavy (non-hydrogen) atoms. The molecule has 0 radical (unpaired) electrons. The van der Waals surface area contributed by atoms with Gasteiger partial charge in [0.2, 0.25) is 0 Å². The lowest BCUT2D eigenvalue weighted by atomic mass is 9.45. The van der Waals surface area contributed by atoms with Gasteiger partial charge in [-0.15, -0.1) is 0 Å². The largest absolute Gasteiger partial charge is 0.509 e. The van der Waals surface area contributed by atoms with E-state index in [1.165, 1.54) is 5.57 Å². The fourth-order valence-electron chi connectivity index (χ4n) is 6.45. The maximum atomic E-state index is 11.8. The van der Waals surface area contributed by atoms with Gasteiger partial charge >= 0.3 is 0 Å². The highest BCUT2D eigenvalue weighted by molar-refractivity contribution is 5.91. The molecule has 0 amide bonds. The molecular formula is C20H28O3. The first-order chi connectivity index (χ1) is 10.9. The molecule has 2 N–H and O–H groups in total. The molecule has 0 spiro atoms.